The van der Waals surface area contributed by atoms with Gasteiger partial charge in [-0.15, -0.1) is 0 Å². The summed E-state index contributed by atoms with van der Waals surface area (Å²) in [4.78, 5) is 32.3. The van der Waals surface area contributed by atoms with Crippen molar-refractivity contribution in [3.8, 4) is 0 Å². The highest BCUT2D eigenvalue weighted by atomic mass is 32.1. The van der Waals surface area contributed by atoms with E-state index in [4.69, 9.17) is 12.2 Å². The molecule has 3 aromatic rings. The SMILES string of the molecule is Cc1ccc(NC(=O)C(C)n2c(=S)[nH]c3ccccc3c2=O)nc1. The minimum atomic E-state index is -0.769. The number of carbonyl (C=O) groups is 1. The number of benzene rings is 1. The first-order valence-electron chi connectivity index (χ1n) is 7.44. The summed E-state index contributed by atoms with van der Waals surface area (Å²) in [7, 11) is 0. The molecule has 24 heavy (non-hydrogen) atoms. The molecule has 0 fully saturated rings. The summed E-state index contributed by atoms with van der Waals surface area (Å²) in [6, 6.07) is 9.85. The predicted molar refractivity (Wildman–Crippen MR) is 95.7 cm³/mol. The van der Waals surface area contributed by atoms with Gasteiger partial charge in [-0.2, -0.15) is 0 Å². The van der Waals surface area contributed by atoms with Crippen molar-refractivity contribution in [2.45, 2.75) is 19.9 Å². The third-order valence-electron chi connectivity index (χ3n) is 3.77. The first-order valence-corrected chi connectivity index (χ1v) is 7.85. The molecule has 2 N–H and O–H groups in total. The fourth-order valence-corrected chi connectivity index (χ4v) is 2.77. The Bertz CT molecular complexity index is 1020. The number of aromatic nitrogens is 3. The molecule has 0 saturated carbocycles. The van der Waals surface area contributed by atoms with Gasteiger partial charge in [0, 0.05) is 6.20 Å². The van der Waals surface area contributed by atoms with E-state index in [0.29, 0.717) is 16.7 Å². The van der Waals surface area contributed by atoms with E-state index in [1.807, 2.05) is 19.1 Å². The van der Waals surface area contributed by atoms with Crippen molar-refractivity contribution in [2.75, 3.05) is 5.32 Å². The zero-order valence-electron chi connectivity index (χ0n) is 13.2. The van der Waals surface area contributed by atoms with Gasteiger partial charge in [-0.05, 0) is 49.8 Å². The van der Waals surface area contributed by atoms with Crippen LogP contribution >= 0.6 is 12.2 Å². The Balaban J connectivity index is 1.97. The number of aryl methyl sites for hydroxylation is 1. The Morgan fingerprint density at radius 1 is 1.29 bits per heavy atom. The van der Waals surface area contributed by atoms with Gasteiger partial charge in [-0.25, -0.2) is 4.98 Å². The van der Waals surface area contributed by atoms with Crippen molar-refractivity contribution >= 4 is 34.8 Å². The number of para-hydroxylation sites is 1. The molecule has 0 aliphatic carbocycles. The zero-order valence-corrected chi connectivity index (χ0v) is 14.1. The van der Waals surface area contributed by atoms with Gasteiger partial charge >= 0.3 is 0 Å². The second-order valence-corrected chi connectivity index (χ2v) is 5.92. The smallest absolute Gasteiger partial charge is 0.262 e. The molecule has 1 unspecified atom stereocenters. The number of hydrogen-bond donors (Lipinski definition) is 2. The molecular formula is C17H16N4O2S. The van der Waals surface area contributed by atoms with Gasteiger partial charge in [0.2, 0.25) is 5.91 Å². The van der Waals surface area contributed by atoms with Gasteiger partial charge in [-0.3, -0.25) is 14.2 Å². The van der Waals surface area contributed by atoms with Crippen molar-refractivity contribution in [1.29, 1.82) is 0 Å². The molecule has 2 aromatic heterocycles. The molecule has 3 rings (SSSR count). The van der Waals surface area contributed by atoms with E-state index >= 15 is 0 Å². The lowest BCUT2D eigenvalue weighted by atomic mass is 10.2. The zero-order chi connectivity index (χ0) is 17.3. The van der Waals surface area contributed by atoms with Crippen LogP contribution in [-0.4, -0.2) is 20.4 Å². The van der Waals surface area contributed by atoms with Crippen LogP contribution in [0.15, 0.2) is 47.4 Å². The van der Waals surface area contributed by atoms with Gasteiger partial charge in [0.25, 0.3) is 5.56 Å². The average molecular weight is 340 g/mol. The monoisotopic (exact) mass is 340 g/mol. The summed E-state index contributed by atoms with van der Waals surface area (Å²) in [5.74, 6) is 0.0735. The minimum Gasteiger partial charge on any atom is -0.332 e. The summed E-state index contributed by atoms with van der Waals surface area (Å²) in [6.07, 6.45) is 1.66. The molecule has 0 radical (unpaired) electrons. The molecule has 0 aliphatic heterocycles. The van der Waals surface area contributed by atoms with Gasteiger partial charge in [-0.1, -0.05) is 18.2 Å². The lowest BCUT2D eigenvalue weighted by molar-refractivity contribution is -0.118. The number of pyridine rings is 1. The molecular weight excluding hydrogens is 324 g/mol. The molecule has 0 aliphatic rings. The molecule has 0 bridgehead atoms. The lowest BCUT2D eigenvalue weighted by Crippen LogP contribution is -2.33. The highest BCUT2D eigenvalue weighted by Gasteiger charge is 2.19. The van der Waals surface area contributed by atoms with Crippen LogP contribution in [0.1, 0.15) is 18.5 Å². The van der Waals surface area contributed by atoms with E-state index in [1.54, 1.807) is 37.4 Å². The molecule has 0 spiro atoms. The maximum Gasteiger partial charge on any atom is 0.262 e. The highest BCUT2D eigenvalue weighted by Crippen LogP contribution is 2.12. The van der Waals surface area contributed by atoms with Crippen LogP contribution in [0.3, 0.4) is 0 Å². The third kappa shape index (κ3) is 2.98. The molecule has 122 valence electrons. The summed E-state index contributed by atoms with van der Waals surface area (Å²) in [5, 5.41) is 3.19. The Morgan fingerprint density at radius 2 is 2.04 bits per heavy atom. The number of carbonyl (C=O) groups excluding carboxylic acids is 1. The van der Waals surface area contributed by atoms with Crippen LogP contribution < -0.4 is 10.9 Å². The lowest BCUT2D eigenvalue weighted by Gasteiger charge is -2.15. The molecule has 0 saturated heterocycles. The highest BCUT2D eigenvalue weighted by molar-refractivity contribution is 7.71. The normalized spacial score (nSPS) is 12.1. The van der Waals surface area contributed by atoms with Crippen molar-refractivity contribution in [3.05, 3.63) is 63.3 Å². The molecule has 1 aromatic carbocycles. The molecule has 6 nitrogen and oxygen atoms in total. The molecule has 1 atom stereocenters. The van der Waals surface area contributed by atoms with Gasteiger partial charge < -0.3 is 10.3 Å². The average Bonchev–Trinajstić information content (AvgIpc) is 2.56. The minimum absolute atomic E-state index is 0.207. The summed E-state index contributed by atoms with van der Waals surface area (Å²) in [6.45, 7) is 3.54. The fourth-order valence-electron chi connectivity index (χ4n) is 2.42. The molecule has 7 heteroatoms. The van der Waals surface area contributed by atoms with Gasteiger partial charge in [0.15, 0.2) is 4.77 Å². The quantitative estimate of drug-likeness (QED) is 0.719. The van der Waals surface area contributed by atoms with Crippen LogP contribution in [-0.2, 0) is 4.79 Å². The van der Waals surface area contributed by atoms with Crippen molar-refractivity contribution in [2.24, 2.45) is 0 Å². The number of amides is 1. The largest absolute Gasteiger partial charge is 0.332 e. The van der Waals surface area contributed by atoms with Crippen molar-refractivity contribution in [1.82, 2.24) is 14.5 Å². The maximum atomic E-state index is 12.7. The Labute approximate surface area is 143 Å². The van der Waals surface area contributed by atoms with E-state index in [1.165, 1.54) is 4.57 Å². The van der Waals surface area contributed by atoms with Crippen LogP contribution in [0, 0.1) is 11.7 Å². The third-order valence-corrected chi connectivity index (χ3v) is 4.06. The number of nitrogens with zero attached hydrogens (tertiary/aromatic N) is 2. The van der Waals surface area contributed by atoms with Gasteiger partial charge in [0.05, 0.1) is 10.9 Å². The number of hydrogen-bond acceptors (Lipinski definition) is 4. The van der Waals surface area contributed by atoms with Gasteiger partial charge in [0.1, 0.15) is 11.9 Å². The Kier molecular flexibility index (Phi) is 4.26. The summed E-state index contributed by atoms with van der Waals surface area (Å²) < 4.78 is 1.49. The second kappa shape index (κ2) is 6.37. The van der Waals surface area contributed by atoms with Crippen molar-refractivity contribution in [3.63, 3.8) is 0 Å². The summed E-state index contributed by atoms with van der Waals surface area (Å²) in [5.41, 5.74) is 1.35. The fraction of sp³-hybridized carbons (Fsp3) is 0.176. The topological polar surface area (TPSA) is 79.8 Å². The second-order valence-electron chi connectivity index (χ2n) is 5.54. The number of nitrogens with one attached hydrogen (secondary N) is 2. The number of fused-ring (bicyclic) bond motifs is 1. The van der Waals surface area contributed by atoms with E-state index < -0.39 is 6.04 Å². The maximum absolute atomic E-state index is 12.7. The number of rotatable bonds is 3. The van der Waals surface area contributed by atoms with Crippen LogP contribution in [0.25, 0.3) is 10.9 Å². The Hall–Kier alpha value is -2.80. The van der Waals surface area contributed by atoms with Crippen molar-refractivity contribution < 1.29 is 4.79 Å². The van der Waals surface area contributed by atoms with E-state index in [0.717, 1.165) is 5.56 Å². The van der Waals surface area contributed by atoms with Crippen LogP contribution in [0.2, 0.25) is 0 Å². The Morgan fingerprint density at radius 3 is 2.75 bits per heavy atom. The predicted octanol–water partition coefficient (Wildman–Crippen LogP) is 2.96. The van der Waals surface area contributed by atoms with E-state index in [2.05, 4.69) is 15.3 Å². The molecule has 2 heterocycles. The number of H-pyrrole nitrogens is 1. The molecule has 1 amide bonds. The first kappa shape index (κ1) is 16.1. The summed E-state index contributed by atoms with van der Waals surface area (Å²) >= 11 is 5.26. The first-order chi connectivity index (χ1) is 11.5. The van der Waals surface area contributed by atoms with E-state index in [9.17, 15) is 9.59 Å². The van der Waals surface area contributed by atoms with Crippen LogP contribution in [0.4, 0.5) is 5.82 Å². The standard InChI is InChI=1S/C17H16N4O2S/c1-10-7-8-14(18-9-10)20-15(22)11(2)21-16(23)12-5-3-4-6-13(12)19-17(21)24/h3-9,11H,1-2H3,(H,19,24)(H,18,20,22). The van der Waals surface area contributed by atoms with Crippen LogP contribution in [0.5, 0.6) is 0 Å². The van der Waals surface area contributed by atoms with E-state index in [-0.39, 0.29) is 16.2 Å². The number of aromatic amines is 1. The number of anilines is 1.